The van der Waals surface area contributed by atoms with Gasteiger partial charge in [0, 0.05) is 37.5 Å². The molecule has 2 amide bonds. The van der Waals surface area contributed by atoms with Gasteiger partial charge in [0.15, 0.2) is 5.58 Å². The summed E-state index contributed by atoms with van der Waals surface area (Å²) in [6, 6.07) is 7.25. The molecule has 2 aromatic rings. The Morgan fingerprint density at radius 2 is 1.85 bits per heavy atom. The maximum Gasteiger partial charge on any atom is 0.419 e. The van der Waals surface area contributed by atoms with Crippen LogP contribution in [-0.2, 0) is 16.1 Å². The van der Waals surface area contributed by atoms with E-state index in [4.69, 9.17) is 4.42 Å². The van der Waals surface area contributed by atoms with Crippen molar-refractivity contribution in [1.29, 1.82) is 0 Å². The number of nitrogens with one attached hydrogen (secondary N) is 1. The van der Waals surface area contributed by atoms with E-state index in [-0.39, 0.29) is 36.2 Å². The molecule has 1 fully saturated rings. The van der Waals surface area contributed by atoms with Crippen molar-refractivity contribution in [2.45, 2.75) is 52.6 Å². The topological polar surface area (TPSA) is 84.5 Å². The summed E-state index contributed by atoms with van der Waals surface area (Å²) in [7, 11) is 0. The number of benzene rings is 1. The number of fused-ring (bicyclic) bond motifs is 1. The van der Waals surface area contributed by atoms with Gasteiger partial charge in [-0.25, -0.2) is 4.79 Å². The van der Waals surface area contributed by atoms with Crippen molar-refractivity contribution in [2.24, 2.45) is 5.41 Å². The molecular formula is C20H27N3O4. The van der Waals surface area contributed by atoms with Gasteiger partial charge in [0.2, 0.25) is 11.8 Å². The number of carbonyl (C=O) groups excluding carboxylic acids is 2. The summed E-state index contributed by atoms with van der Waals surface area (Å²) in [5, 5.41) is 3.02. The van der Waals surface area contributed by atoms with Crippen molar-refractivity contribution in [3.63, 3.8) is 0 Å². The zero-order valence-electron chi connectivity index (χ0n) is 16.2. The van der Waals surface area contributed by atoms with Gasteiger partial charge in [-0.05, 0) is 25.0 Å². The minimum Gasteiger partial charge on any atom is -0.408 e. The molecule has 2 heterocycles. The Hall–Kier alpha value is -2.57. The second-order valence-electron chi connectivity index (χ2n) is 8.12. The Labute approximate surface area is 158 Å². The maximum atomic E-state index is 12.3. The van der Waals surface area contributed by atoms with Crippen molar-refractivity contribution < 1.29 is 14.0 Å². The number of carbonyl (C=O) groups is 2. The quantitative estimate of drug-likeness (QED) is 0.890. The van der Waals surface area contributed by atoms with E-state index < -0.39 is 5.76 Å². The fourth-order valence-electron chi connectivity index (χ4n) is 3.44. The van der Waals surface area contributed by atoms with Gasteiger partial charge in [-0.15, -0.1) is 0 Å². The predicted molar refractivity (Wildman–Crippen MR) is 102 cm³/mol. The standard InChI is InChI=1S/C20H27N3O4/c1-20(2,3)18(25)22-11-8-14(9-12-22)21-17(24)10-13-23-15-6-4-5-7-16(15)27-19(23)26/h4-7,14H,8-13H2,1-3H3,(H,21,24). The molecule has 0 unspecified atom stereocenters. The van der Waals surface area contributed by atoms with E-state index in [2.05, 4.69) is 5.32 Å². The van der Waals surface area contributed by atoms with Gasteiger partial charge in [0.25, 0.3) is 0 Å². The van der Waals surface area contributed by atoms with E-state index in [9.17, 15) is 14.4 Å². The van der Waals surface area contributed by atoms with E-state index in [1.807, 2.05) is 31.7 Å². The number of amides is 2. The first-order valence-corrected chi connectivity index (χ1v) is 9.43. The van der Waals surface area contributed by atoms with Gasteiger partial charge in [-0.1, -0.05) is 32.9 Å². The van der Waals surface area contributed by atoms with E-state index in [0.717, 1.165) is 12.8 Å². The van der Waals surface area contributed by atoms with Gasteiger partial charge in [-0.3, -0.25) is 14.2 Å². The lowest BCUT2D eigenvalue weighted by Gasteiger charge is -2.36. The number of para-hydroxylation sites is 2. The van der Waals surface area contributed by atoms with E-state index in [1.54, 1.807) is 18.2 Å². The number of nitrogens with zero attached hydrogens (tertiary/aromatic N) is 2. The Bertz CT molecular complexity index is 882. The van der Waals surface area contributed by atoms with E-state index in [1.165, 1.54) is 4.57 Å². The molecule has 0 spiro atoms. The number of rotatable bonds is 4. The molecule has 1 saturated heterocycles. The lowest BCUT2D eigenvalue weighted by molar-refractivity contribution is -0.140. The average Bonchev–Trinajstić information content (AvgIpc) is 2.94. The summed E-state index contributed by atoms with van der Waals surface area (Å²) in [6.45, 7) is 7.36. The van der Waals surface area contributed by atoms with E-state index >= 15 is 0 Å². The molecule has 146 valence electrons. The second-order valence-corrected chi connectivity index (χ2v) is 8.12. The highest BCUT2D eigenvalue weighted by molar-refractivity contribution is 5.81. The SMILES string of the molecule is CC(C)(C)C(=O)N1CCC(NC(=O)CCn2c(=O)oc3ccccc32)CC1. The Morgan fingerprint density at radius 1 is 1.19 bits per heavy atom. The van der Waals surface area contributed by atoms with Crippen molar-refractivity contribution in [3.05, 3.63) is 34.8 Å². The number of aryl methyl sites for hydroxylation is 1. The van der Waals surface area contributed by atoms with Crippen LogP contribution in [0.25, 0.3) is 11.1 Å². The molecule has 1 aliphatic rings. The van der Waals surface area contributed by atoms with Crippen LogP contribution < -0.4 is 11.1 Å². The molecule has 0 radical (unpaired) electrons. The van der Waals surface area contributed by atoms with Crippen LogP contribution >= 0.6 is 0 Å². The van der Waals surface area contributed by atoms with Crippen molar-refractivity contribution in [2.75, 3.05) is 13.1 Å². The molecule has 1 aliphatic heterocycles. The molecule has 1 aromatic heterocycles. The Kier molecular flexibility index (Phi) is 5.39. The van der Waals surface area contributed by atoms with Gasteiger partial charge in [0.05, 0.1) is 5.52 Å². The summed E-state index contributed by atoms with van der Waals surface area (Å²) in [5.41, 5.74) is 0.847. The molecule has 0 aliphatic carbocycles. The number of likely N-dealkylation sites (tertiary alicyclic amines) is 1. The first-order valence-electron chi connectivity index (χ1n) is 9.43. The van der Waals surface area contributed by atoms with Crippen LogP contribution in [-0.4, -0.2) is 40.4 Å². The van der Waals surface area contributed by atoms with Crippen molar-refractivity contribution in [3.8, 4) is 0 Å². The van der Waals surface area contributed by atoms with Crippen molar-refractivity contribution >= 4 is 22.9 Å². The largest absolute Gasteiger partial charge is 0.419 e. The lowest BCUT2D eigenvalue weighted by atomic mass is 9.93. The highest BCUT2D eigenvalue weighted by Gasteiger charge is 2.30. The third-order valence-electron chi connectivity index (χ3n) is 4.93. The number of oxazole rings is 1. The van der Waals surface area contributed by atoms with Gasteiger partial charge >= 0.3 is 5.76 Å². The smallest absolute Gasteiger partial charge is 0.408 e. The molecule has 0 bridgehead atoms. The van der Waals surface area contributed by atoms with Crippen LogP contribution in [0.4, 0.5) is 0 Å². The summed E-state index contributed by atoms with van der Waals surface area (Å²) in [5.74, 6) is -0.385. The van der Waals surface area contributed by atoms with Crippen LogP contribution in [0.3, 0.4) is 0 Å². The minimum absolute atomic E-state index is 0.0688. The summed E-state index contributed by atoms with van der Waals surface area (Å²) in [6.07, 6.45) is 1.72. The normalized spacial score (nSPS) is 15.9. The van der Waals surface area contributed by atoms with Crippen LogP contribution in [0, 0.1) is 5.41 Å². The zero-order valence-corrected chi connectivity index (χ0v) is 16.2. The highest BCUT2D eigenvalue weighted by atomic mass is 16.4. The molecule has 1 N–H and O–H groups in total. The highest BCUT2D eigenvalue weighted by Crippen LogP contribution is 2.21. The molecule has 7 heteroatoms. The summed E-state index contributed by atoms with van der Waals surface area (Å²) >= 11 is 0. The molecule has 0 atom stereocenters. The fraction of sp³-hybridized carbons (Fsp3) is 0.550. The minimum atomic E-state index is -0.446. The van der Waals surface area contributed by atoms with Crippen LogP contribution in [0.2, 0.25) is 0 Å². The van der Waals surface area contributed by atoms with E-state index in [0.29, 0.717) is 24.2 Å². The molecule has 27 heavy (non-hydrogen) atoms. The molecule has 0 saturated carbocycles. The second kappa shape index (κ2) is 7.58. The number of piperidine rings is 1. The molecule has 3 rings (SSSR count). The van der Waals surface area contributed by atoms with Gasteiger partial charge in [-0.2, -0.15) is 0 Å². The van der Waals surface area contributed by atoms with Crippen LogP contribution in [0.5, 0.6) is 0 Å². The third kappa shape index (κ3) is 4.40. The predicted octanol–water partition coefficient (Wildman–Crippen LogP) is 2.14. The van der Waals surface area contributed by atoms with Crippen LogP contribution in [0.1, 0.15) is 40.0 Å². The Balaban J connectivity index is 1.50. The van der Waals surface area contributed by atoms with Gasteiger partial charge in [0.1, 0.15) is 0 Å². The number of hydrogen-bond donors (Lipinski definition) is 1. The molecule has 1 aromatic carbocycles. The zero-order chi connectivity index (χ0) is 19.6. The first-order chi connectivity index (χ1) is 12.8. The Morgan fingerprint density at radius 3 is 2.52 bits per heavy atom. The maximum absolute atomic E-state index is 12.3. The lowest BCUT2D eigenvalue weighted by Crippen LogP contribution is -2.49. The monoisotopic (exact) mass is 373 g/mol. The van der Waals surface area contributed by atoms with Crippen molar-refractivity contribution in [1.82, 2.24) is 14.8 Å². The average molecular weight is 373 g/mol. The molecular weight excluding hydrogens is 346 g/mol. The summed E-state index contributed by atoms with van der Waals surface area (Å²) < 4.78 is 6.67. The first kappa shape index (κ1) is 19.2. The molecule has 7 nitrogen and oxygen atoms in total. The van der Waals surface area contributed by atoms with Crippen LogP contribution in [0.15, 0.2) is 33.5 Å². The number of aromatic nitrogens is 1. The summed E-state index contributed by atoms with van der Waals surface area (Å²) in [4.78, 5) is 38.4. The number of hydrogen-bond acceptors (Lipinski definition) is 4. The fourth-order valence-corrected chi connectivity index (χ4v) is 3.44. The third-order valence-corrected chi connectivity index (χ3v) is 4.93. The van der Waals surface area contributed by atoms with Gasteiger partial charge < -0.3 is 14.6 Å².